The molecule has 0 spiro atoms. The number of nitrogens with zero attached hydrogens (tertiary/aromatic N) is 1. The Morgan fingerprint density at radius 2 is 1.79 bits per heavy atom. The summed E-state index contributed by atoms with van der Waals surface area (Å²) in [5, 5.41) is 5.84. The van der Waals surface area contributed by atoms with Gasteiger partial charge in [0.05, 0.1) is 17.2 Å². The molecule has 0 saturated carbocycles. The number of aryl methyl sites for hydroxylation is 1. The van der Waals surface area contributed by atoms with Gasteiger partial charge in [-0.3, -0.25) is 4.79 Å². The van der Waals surface area contributed by atoms with Gasteiger partial charge in [0, 0.05) is 11.3 Å². The quantitative estimate of drug-likeness (QED) is 0.425. The molecule has 0 unspecified atom stereocenters. The molecule has 0 saturated heterocycles. The Bertz CT molecular complexity index is 1060. The van der Waals surface area contributed by atoms with Gasteiger partial charge in [0.15, 0.2) is 0 Å². The standard InChI is InChI=1S/C21H21N3O3S2/c1-16-9-11-19(12-10-16)29(26,27)24-20(17-6-3-2-4-7-17)14-21(25)23-22-15-18-8-5-13-28-18/h2-13,15,20,24H,14H2,1H3,(H,23,25)/b22-15-/t20-/m1/s1. The highest BCUT2D eigenvalue weighted by atomic mass is 32.2. The number of thiophene rings is 1. The number of carbonyl (C=O) groups is 1. The molecule has 6 nitrogen and oxygen atoms in total. The Hall–Kier alpha value is -2.81. The molecule has 3 rings (SSSR count). The summed E-state index contributed by atoms with van der Waals surface area (Å²) in [6.45, 7) is 1.89. The topological polar surface area (TPSA) is 87.6 Å². The molecule has 0 aliphatic rings. The SMILES string of the molecule is Cc1ccc(S(=O)(=O)N[C@H](CC(=O)N/N=C\c2cccs2)c2ccccc2)cc1. The number of rotatable bonds is 8. The van der Waals surface area contributed by atoms with E-state index in [2.05, 4.69) is 15.2 Å². The van der Waals surface area contributed by atoms with E-state index in [1.54, 1.807) is 54.7 Å². The Balaban J connectivity index is 1.74. The van der Waals surface area contributed by atoms with Crippen LogP contribution in [0, 0.1) is 6.92 Å². The van der Waals surface area contributed by atoms with Crippen LogP contribution < -0.4 is 10.1 Å². The smallest absolute Gasteiger partial charge is 0.242 e. The summed E-state index contributed by atoms with van der Waals surface area (Å²) in [6.07, 6.45) is 1.47. The average Bonchev–Trinajstić information content (AvgIpc) is 3.22. The normalized spacial score (nSPS) is 12.7. The van der Waals surface area contributed by atoms with Crippen LogP contribution in [0.4, 0.5) is 0 Å². The molecule has 1 atom stereocenters. The van der Waals surface area contributed by atoms with E-state index >= 15 is 0 Å². The highest BCUT2D eigenvalue weighted by Crippen LogP contribution is 2.20. The van der Waals surface area contributed by atoms with Crippen LogP contribution in [0.5, 0.6) is 0 Å². The summed E-state index contributed by atoms with van der Waals surface area (Å²) in [4.78, 5) is 13.4. The van der Waals surface area contributed by atoms with Crippen LogP contribution in [0.1, 0.15) is 28.5 Å². The lowest BCUT2D eigenvalue weighted by Gasteiger charge is -2.18. The second-order valence-corrected chi connectivity index (χ2v) is 9.10. The molecule has 8 heteroatoms. The Morgan fingerprint density at radius 1 is 1.07 bits per heavy atom. The molecule has 1 heterocycles. The molecule has 2 N–H and O–H groups in total. The molecule has 150 valence electrons. The summed E-state index contributed by atoms with van der Waals surface area (Å²) < 4.78 is 28.3. The van der Waals surface area contributed by atoms with Gasteiger partial charge >= 0.3 is 0 Å². The van der Waals surface area contributed by atoms with Crippen molar-refractivity contribution in [3.8, 4) is 0 Å². The molecule has 1 amide bonds. The largest absolute Gasteiger partial charge is 0.273 e. The van der Waals surface area contributed by atoms with Gasteiger partial charge in [-0.2, -0.15) is 5.10 Å². The first kappa shape index (κ1) is 20.9. The van der Waals surface area contributed by atoms with E-state index in [-0.39, 0.29) is 11.3 Å². The maximum atomic E-state index is 12.8. The molecular formula is C21H21N3O3S2. The van der Waals surface area contributed by atoms with E-state index in [0.717, 1.165) is 10.4 Å². The zero-order valence-electron chi connectivity index (χ0n) is 15.8. The van der Waals surface area contributed by atoms with Crippen molar-refractivity contribution < 1.29 is 13.2 Å². The van der Waals surface area contributed by atoms with E-state index in [1.165, 1.54) is 11.3 Å². The van der Waals surface area contributed by atoms with E-state index in [9.17, 15) is 13.2 Å². The molecule has 2 aromatic carbocycles. The van der Waals surface area contributed by atoms with Gasteiger partial charge in [0.1, 0.15) is 0 Å². The first-order chi connectivity index (χ1) is 13.9. The van der Waals surface area contributed by atoms with Crippen LogP contribution in [-0.2, 0) is 14.8 Å². The van der Waals surface area contributed by atoms with Gasteiger partial charge in [0.2, 0.25) is 15.9 Å². The van der Waals surface area contributed by atoms with Gasteiger partial charge in [-0.1, -0.05) is 54.1 Å². The molecule has 3 aromatic rings. The van der Waals surface area contributed by atoms with Gasteiger partial charge in [-0.05, 0) is 36.1 Å². The maximum absolute atomic E-state index is 12.8. The zero-order valence-corrected chi connectivity index (χ0v) is 17.4. The summed E-state index contributed by atoms with van der Waals surface area (Å²) in [5.74, 6) is -0.390. The van der Waals surface area contributed by atoms with Crippen molar-refractivity contribution in [3.05, 3.63) is 88.1 Å². The van der Waals surface area contributed by atoms with Gasteiger partial charge in [-0.15, -0.1) is 11.3 Å². The molecule has 0 aliphatic carbocycles. The third kappa shape index (κ3) is 6.08. The second-order valence-electron chi connectivity index (χ2n) is 6.41. The summed E-state index contributed by atoms with van der Waals surface area (Å²) in [5.41, 5.74) is 4.12. The lowest BCUT2D eigenvalue weighted by molar-refractivity contribution is -0.121. The molecule has 0 bridgehead atoms. The fourth-order valence-electron chi connectivity index (χ4n) is 2.65. The number of hydrazone groups is 1. The van der Waals surface area contributed by atoms with Crippen molar-refractivity contribution in [1.82, 2.24) is 10.1 Å². The van der Waals surface area contributed by atoms with Crippen LogP contribution in [-0.4, -0.2) is 20.5 Å². The monoisotopic (exact) mass is 427 g/mol. The predicted octanol–water partition coefficient (Wildman–Crippen LogP) is 3.62. The summed E-state index contributed by atoms with van der Waals surface area (Å²) in [7, 11) is -3.79. The molecule has 0 radical (unpaired) electrons. The predicted molar refractivity (Wildman–Crippen MR) is 115 cm³/mol. The zero-order chi connectivity index (χ0) is 20.7. The van der Waals surface area contributed by atoms with Crippen LogP contribution in [0.25, 0.3) is 0 Å². The van der Waals surface area contributed by atoms with Gasteiger partial charge < -0.3 is 0 Å². The Labute approximate surface area is 174 Å². The second kappa shape index (κ2) is 9.60. The molecule has 0 aliphatic heterocycles. The molecular weight excluding hydrogens is 406 g/mol. The van der Waals surface area contributed by atoms with Crippen molar-refractivity contribution in [3.63, 3.8) is 0 Å². The van der Waals surface area contributed by atoms with E-state index < -0.39 is 22.0 Å². The Morgan fingerprint density at radius 3 is 2.45 bits per heavy atom. The minimum Gasteiger partial charge on any atom is -0.273 e. The number of hydrogen-bond acceptors (Lipinski definition) is 5. The lowest BCUT2D eigenvalue weighted by atomic mass is 10.0. The van der Waals surface area contributed by atoms with E-state index in [1.807, 2.05) is 30.5 Å². The lowest BCUT2D eigenvalue weighted by Crippen LogP contribution is -2.32. The first-order valence-corrected chi connectivity index (χ1v) is 11.3. The summed E-state index contributed by atoms with van der Waals surface area (Å²) in [6, 6.07) is 18.6. The van der Waals surface area contributed by atoms with Crippen LogP contribution in [0.15, 0.2) is 82.1 Å². The fourth-order valence-corrected chi connectivity index (χ4v) is 4.46. The number of carbonyl (C=O) groups excluding carboxylic acids is 1. The fraction of sp³-hybridized carbons (Fsp3) is 0.143. The third-order valence-electron chi connectivity index (χ3n) is 4.14. The van der Waals surface area contributed by atoms with Crippen LogP contribution in [0.3, 0.4) is 0 Å². The number of nitrogens with one attached hydrogen (secondary N) is 2. The molecule has 29 heavy (non-hydrogen) atoms. The maximum Gasteiger partial charge on any atom is 0.242 e. The van der Waals surface area contributed by atoms with Crippen molar-refractivity contribution in [2.24, 2.45) is 5.10 Å². The van der Waals surface area contributed by atoms with Gasteiger partial charge in [-0.25, -0.2) is 18.6 Å². The average molecular weight is 428 g/mol. The van der Waals surface area contributed by atoms with Crippen LogP contribution >= 0.6 is 11.3 Å². The minimum absolute atomic E-state index is 0.0864. The van der Waals surface area contributed by atoms with Gasteiger partial charge in [0.25, 0.3) is 0 Å². The molecule has 1 aromatic heterocycles. The number of amides is 1. The molecule has 0 fully saturated rings. The van der Waals surface area contributed by atoms with E-state index in [4.69, 9.17) is 0 Å². The number of sulfonamides is 1. The van der Waals surface area contributed by atoms with Crippen molar-refractivity contribution in [2.45, 2.75) is 24.3 Å². The van der Waals surface area contributed by atoms with E-state index in [0.29, 0.717) is 5.56 Å². The minimum atomic E-state index is -3.79. The third-order valence-corrected chi connectivity index (χ3v) is 6.44. The number of benzene rings is 2. The number of hydrogen-bond donors (Lipinski definition) is 2. The Kier molecular flexibility index (Phi) is 6.92. The first-order valence-electron chi connectivity index (χ1n) is 8.93. The highest BCUT2D eigenvalue weighted by molar-refractivity contribution is 7.89. The van der Waals surface area contributed by atoms with Crippen molar-refractivity contribution in [1.29, 1.82) is 0 Å². The van der Waals surface area contributed by atoms with Crippen molar-refractivity contribution in [2.75, 3.05) is 0 Å². The highest BCUT2D eigenvalue weighted by Gasteiger charge is 2.23. The summed E-state index contributed by atoms with van der Waals surface area (Å²) >= 11 is 1.50. The van der Waals surface area contributed by atoms with Crippen LogP contribution in [0.2, 0.25) is 0 Å². The van der Waals surface area contributed by atoms with Crippen molar-refractivity contribution >= 4 is 33.5 Å².